The van der Waals surface area contributed by atoms with Crippen LogP contribution in [0.1, 0.15) is 54.5 Å². The van der Waals surface area contributed by atoms with Gasteiger partial charge in [0.05, 0.1) is 6.10 Å². The summed E-state index contributed by atoms with van der Waals surface area (Å²) in [5.74, 6) is 2.16. The van der Waals surface area contributed by atoms with Gasteiger partial charge >= 0.3 is 0 Å². The van der Waals surface area contributed by atoms with Gasteiger partial charge in [-0.3, -0.25) is 4.90 Å². The lowest BCUT2D eigenvalue weighted by Crippen LogP contribution is -2.64. The van der Waals surface area contributed by atoms with E-state index in [9.17, 15) is 20.4 Å². The van der Waals surface area contributed by atoms with Crippen LogP contribution in [0.15, 0.2) is 78.9 Å². The Bertz CT molecular complexity index is 1520. The summed E-state index contributed by atoms with van der Waals surface area (Å²) in [5.41, 5.74) is 4.58. The van der Waals surface area contributed by atoms with Crippen LogP contribution in [0.3, 0.4) is 0 Å². The number of piperidine rings is 2. The topological polar surface area (TPSA) is 96.6 Å². The summed E-state index contributed by atoms with van der Waals surface area (Å²) in [7, 11) is 2.19. The molecule has 8 rings (SSSR count). The summed E-state index contributed by atoms with van der Waals surface area (Å²) in [5, 5.41) is 40.6. The van der Waals surface area contributed by atoms with Crippen LogP contribution in [0.25, 0.3) is 0 Å². The van der Waals surface area contributed by atoms with Crippen LogP contribution < -0.4 is 4.74 Å². The van der Waals surface area contributed by atoms with E-state index in [-0.39, 0.29) is 29.1 Å². The van der Waals surface area contributed by atoms with Crippen molar-refractivity contribution in [1.29, 1.82) is 0 Å². The van der Waals surface area contributed by atoms with Crippen molar-refractivity contribution in [2.24, 2.45) is 11.8 Å². The van der Waals surface area contributed by atoms with E-state index in [1.165, 1.54) is 29.5 Å². The molecule has 2 bridgehead atoms. The molecule has 0 radical (unpaired) electrons. The molecule has 7 atom stereocenters. The Morgan fingerprint density at radius 1 is 0.933 bits per heavy atom. The molecule has 238 valence electrons. The number of benzene rings is 3. The lowest BCUT2D eigenvalue weighted by molar-refractivity contribution is -0.0453. The first kappa shape index (κ1) is 30.3. The highest BCUT2D eigenvalue weighted by Crippen LogP contribution is 2.62. The third-order valence-corrected chi connectivity index (χ3v) is 11.4. The van der Waals surface area contributed by atoms with Crippen molar-refractivity contribution in [1.82, 2.24) is 9.80 Å². The third kappa shape index (κ3) is 5.34. The molecule has 2 fully saturated rings. The van der Waals surface area contributed by atoms with Crippen molar-refractivity contribution in [3.63, 3.8) is 0 Å². The fourth-order valence-electron chi connectivity index (χ4n) is 8.90. The van der Waals surface area contributed by atoms with Crippen LogP contribution in [0.4, 0.5) is 0 Å². The second kappa shape index (κ2) is 12.1. The molecule has 2 unspecified atom stereocenters. The number of hydrogen-bond acceptors (Lipinski definition) is 7. The maximum atomic E-state index is 10.6. The summed E-state index contributed by atoms with van der Waals surface area (Å²) < 4.78 is 6.09. The molecule has 7 nitrogen and oxygen atoms in total. The summed E-state index contributed by atoms with van der Waals surface area (Å²) in [4.78, 5) is 4.82. The minimum atomic E-state index is -0.594. The van der Waals surface area contributed by atoms with Gasteiger partial charge < -0.3 is 30.1 Å². The number of aromatic hydroxyl groups is 2. The van der Waals surface area contributed by atoms with Gasteiger partial charge in [-0.25, -0.2) is 0 Å². The minimum absolute atomic E-state index is 0.0900. The molecule has 3 heterocycles. The fourth-order valence-corrected chi connectivity index (χ4v) is 8.90. The first-order chi connectivity index (χ1) is 21.8. The van der Waals surface area contributed by atoms with Gasteiger partial charge in [-0.15, -0.1) is 0 Å². The monoisotopic (exact) mass is 610 g/mol. The van der Waals surface area contributed by atoms with E-state index in [2.05, 4.69) is 60.2 Å². The third-order valence-electron chi connectivity index (χ3n) is 11.4. The molecule has 2 aliphatic carbocycles. The molecule has 4 N–H and O–H groups in total. The Morgan fingerprint density at radius 3 is 2.40 bits per heavy atom. The average molecular weight is 611 g/mol. The van der Waals surface area contributed by atoms with Crippen LogP contribution >= 0.6 is 0 Å². The quantitative estimate of drug-likeness (QED) is 0.303. The summed E-state index contributed by atoms with van der Waals surface area (Å²) in [6.07, 6.45) is 8.18. The fraction of sp³-hybridized carbons (Fsp3) is 0.474. The van der Waals surface area contributed by atoms with E-state index >= 15 is 0 Å². The lowest BCUT2D eigenvalue weighted by Gasteiger charge is -2.56. The Balaban J connectivity index is 0.000000145. The molecule has 0 saturated carbocycles. The largest absolute Gasteiger partial charge is 0.508 e. The summed E-state index contributed by atoms with van der Waals surface area (Å²) in [6.45, 7) is 5.17. The number of phenols is 2. The Labute approximate surface area is 266 Å². The minimum Gasteiger partial charge on any atom is -0.508 e. The molecule has 3 aromatic rings. The number of ether oxygens (including phenoxy) is 1. The predicted molar refractivity (Wildman–Crippen MR) is 175 cm³/mol. The van der Waals surface area contributed by atoms with Gasteiger partial charge in [0.2, 0.25) is 0 Å². The Hall–Kier alpha value is -3.36. The van der Waals surface area contributed by atoms with Crippen molar-refractivity contribution in [3.8, 4) is 17.2 Å². The van der Waals surface area contributed by atoms with Gasteiger partial charge in [-0.2, -0.15) is 0 Å². The highest BCUT2D eigenvalue weighted by Gasteiger charge is 2.64. The van der Waals surface area contributed by atoms with Crippen molar-refractivity contribution < 1.29 is 25.2 Å². The molecule has 3 aromatic carbocycles. The van der Waals surface area contributed by atoms with Gasteiger partial charge in [0.15, 0.2) is 11.5 Å². The van der Waals surface area contributed by atoms with E-state index < -0.39 is 12.2 Å². The van der Waals surface area contributed by atoms with Gasteiger partial charge in [-0.1, -0.05) is 60.7 Å². The Kier molecular flexibility index (Phi) is 8.15. The van der Waals surface area contributed by atoms with Crippen molar-refractivity contribution in [3.05, 3.63) is 101 Å². The zero-order valence-electron chi connectivity index (χ0n) is 26.3. The Morgan fingerprint density at radius 2 is 1.67 bits per heavy atom. The van der Waals surface area contributed by atoms with Crippen molar-refractivity contribution >= 4 is 0 Å². The number of rotatable bonds is 5. The zero-order chi connectivity index (χ0) is 31.3. The molecule has 45 heavy (non-hydrogen) atoms. The second-order valence-corrected chi connectivity index (χ2v) is 13.9. The van der Waals surface area contributed by atoms with E-state index in [1.54, 1.807) is 30.3 Å². The normalized spacial score (nSPS) is 30.0. The number of nitrogens with zero attached hydrogens (tertiary/aromatic N) is 2. The van der Waals surface area contributed by atoms with Gasteiger partial charge in [0.25, 0.3) is 0 Å². The maximum Gasteiger partial charge on any atom is 0.165 e. The van der Waals surface area contributed by atoms with Gasteiger partial charge in [-0.05, 0) is 107 Å². The summed E-state index contributed by atoms with van der Waals surface area (Å²) in [6, 6.07) is 21.9. The smallest absolute Gasteiger partial charge is 0.165 e. The standard InChI is InChI=1S/C21H27NO2.C17H19NO3/c1-16(21(24)19-7-9-20(23)10-8-19)22-13-11-18(12-14-22)15-17-5-3-2-4-6-17;1-18-7-6-17-10-3-5-13(20)16(17)21-15-12(19)4-2-9(14(15)17)8-11(10)18/h2-10,16,18,21,23-24H,11-15H2,1H3;2-5,10-11,13,16,19-20H,6-8H2,1H3/t;10-,11+,13-,16-,17-/m.0/s1. The first-order valence-electron chi connectivity index (χ1n) is 16.6. The van der Waals surface area contributed by atoms with Crippen LogP contribution in [0.2, 0.25) is 0 Å². The lowest BCUT2D eigenvalue weighted by atomic mass is 9.53. The van der Waals surface area contributed by atoms with Crippen LogP contribution in [-0.4, -0.2) is 81.2 Å². The van der Waals surface area contributed by atoms with E-state index in [4.69, 9.17) is 4.74 Å². The first-order valence-corrected chi connectivity index (χ1v) is 16.6. The molecular weight excluding hydrogens is 564 g/mol. The average Bonchev–Trinajstić information content (AvgIpc) is 3.42. The van der Waals surface area contributed by atoms with Crippen LogP contribution in [0.5, 0.6) is 17.2 Å². The number of likely N-dealkylation sites (N-methyl/N-ethyl adjacent to an activating group) is 1. The number of hydrogen-bond donors (Lipinski definition) is 4. The number of aliphatic hydroxyl groups is 2. The van der Waals surface area contributed by atoms with Crippen molar-refractivity contribution in [2.45, 2.75) is 74.8 Å². The molecule has 1 spiro atoms. The van der Waals surface area contributed by atoms with Gasteiger partial charge in [0.1, 0.15) is 18.0 Å². The highest BCUT2D eigenvalue weighted by molar-refractivity contribution is 5.61. The molecule has 0 aromatic heterocycles. The molecule has 0 amide bonds. The van der Waals surface area contributed by atoms with Crippen molar-refractivity contribution in [2.75, 3.05) is 26.7 Å². The second-order valence-electron chi connectivity index (χ2n) is 13.9. The molecule has 5 aliphatic rings. The zero-order valence-corrected chi connectivity index (χ0v) is 26.3. The molecule has 2 saturated heterocycles. The molecular formula is C38H46N2O5. The highest BCUT2D eigenvalue weighted by atomic mass is 16.5. The number of aliphatic hydroxyl groups excluding tert-OH is 2. The number of phenolic OH excluding ortho intramolecular Hbond substituents is 2. The summed E-state index contributed by atoms with van der Waals surface area (Å²) >= 11 is 0. The molecule has 7 heteroatoms. The van der Waals surface area contributed by atoms with E-state index in [1.807, 2.05) is 12.1 Å². The molecule has 3 aliphatic heterocycles. The predicted octanol–water partition coefficient (Wildman–Crippen LogP) is 4.97. The maximum absolute atomic E-state index is 10.6. The van der Waals surface area contributed by atoms with Gasteiger partial charge in [0, 0.05) is 29.0 Å². The SMILES string of the molecule is CC(C(O)c1ccc(O)cc1)N1CCC(Cc2ccccc2)CC1.CN1CC[C@]23c4c5ccc(O)c4O[C@H]2[C@@H](O)C=C[C@H]3[C@H]1C5. The van der Waals surface area contributed by atoms with Crippen LogP contribution in [-0.2, 0) is 18.3 Å². The van der Waals surface area contributed by atoms with E-state index in [0.717, 1.165) is 50.4 Å². The van der Waals surface area contributed by atoms with Crippen LogP contribution in [0, 0.1) is 11.8 Å². The number of likely N-dealkylation sites (tertiary alicyclic amines) is 2. The van der Waals surface area contributed by atoms with E-state index in [0.29, 0.717) is 17.7 Å².